The molecule has 0 unspecified atom stereocenters. The largest absolute Gasteiger partial charge is 0.469 e. The van der Waals surface area contributed by atoms with Gasteiger partial charge in [-0.3, -0.25) is 9.59 Å². The number of hydrogen-bond donors (Lipinski definition) is 0. The van der Waals surface area contributed by atoms with Crippen molar-refractivity contribution in [1.82, 2.24) is 0 Å². The molecule has 16 heavy (non-hydrogen) atoms. The van der Waals surface area contributed by atoms with Gasteiger partial charge < -0.3 is 9.47 Å². The fraction of sp³-hybridized carbons (Fsp3) is 0.833. The molecule has 0 bridgehead atoms. The van der Waals surface area contributed by atoms with Gasteiger partial charge in [0.05, 0.1) is 27.1 Å². The zero-order chi connectivity index (χ0) is 13.0. The van der Waals surface area contributed by atoms with E-state index in [0.717, 1.165) is 0 Å². The number of methoxy groups -OCH3 is 2. The molecule has 0 aromatic carbocycles. The highest BCUT2D eigenvalue weighted by Gasteiger charge is 2.40. The predicted molar refractivity (Wildman–Crippen MR) is 60.8 cm³/mol. The van der Waals surface area contributed by atoms with Gasteiger partial charge in [-0.25, -0.2) is 0 Å². The van der Waals surface area contributed by atoms with E-state index in [9.17, 15) is 9.59 Å². The second-order valence-corrected chi connectivity index (χ2v) is 5.27. The van der Waals surface area contributed by atoms with Gasteiger partial charge in [-0.2, -0.15) is 0 Å². The molecule has 0 saturated carbocycles. The standard InChI is InChI=1S/C12H22O4/c1-11(2,7-9(13)15-5)12(3,4)8-10(14)16-6/h7-8H2,1-6H3. The third kappa shape index (κ3) is 3.83. The predicted octanol–water partition coefficient (Wildman–Crippen LogP) is 2.17. The van der Waals surface area contributed by atoms with Crippen molar-refractivity contribution in [2.24, 2.45) is 10.8 Å². The maximum atomic E-state index is 11.3. The third-order valence-corrected chi connectivity index (χ3v) is 3.46. The molecule has 0 saturated heterocycles. The molecule has 0 aromatic rings. The summed E-state index contributed by atoms with van der Waals surface area (Å²) in [6.45, 7) is 7.80. The SMILES string of the molecule is COC(=O)CC(C)(C)C(C)(C)CC(=O)OC. The summed E-state index contributed by atoms with van der Waals surface area (Å²) < 4.78 is 9.31. The van der Waals surface area contributed by atoms with E-state index < -0.39 is 0 Å². The van der Waals surface area contributed by atoms with Crippen molar-refractivity contribution in [1.29, 1.82) is 0 Å². The summed E-state index contributed by atoms with van der Waals surface area (Å²) >= 11 is 0. The van der Waals surface area contributed by atoms with E-state index in [0.29, 0.717) is 0 Å². The average Bonchev–Trinajstić information content (AvgIpc) is 2.15. The van der Waals surface area contributed by atoms with E-state index in [1.54, 1.807) is 0 Å². The number of rotatable bonds is 5. The molecule has 0 atom stereocenters. The zero-order valence-corrected chi connectivity index (χ0v) is 11.0. The quantitative estimate of drug-likeness (QED) is 0.679. The van der Waals surface area contributed by atoms with Crippen molar-refractivity contribution in [3.05, 3.63) is 0 Å². The number of hydrogen-bond acceptors (Lipinski definition) is 4. The Bertz CT molecular complexity index is 238. The van der Waals surface area contributed by atoms with E-state index in [4.69, 9.17) is 0 Å². The van der Waals surface area contributed by atoms with Gasteiger partial charge in [0, 0.05) is 0 Å². The van der Waals surface area contributed by atoms with Gasteiger partial charge >= 0.3 is 11.9 Å². The van der Waals surface area contributed by atoms with Crippen LogP contribution in [0.2, 0.25) is 0 Å². The second kappa shape index (κ2) is 5.32. The Morgan fingerprint density at radius 3 is 1.25 bits per heavy atom. The molecule has 0 aliphatic rings. The highest BCUT2D eigenvalue weighted by Crippen LogP contribution is 2.44. The smallest absolute Gasteiger partial charge is 0.306 e. The first kappa shape index (κ1) is 14.9. The topological polar surface area (TPSA) is 52.6 Å². The fourth-order valence-corrected chi connectivity index (χ4v) is 1.34. The van der Waals surface area contributed by atoms with E-state index in [1.807, 2.05) is 27.7 Å². The summed E-state index contributed by atoms with van der Waals surface area (Å²) in [6, 6.07) is 0. The molecule has 4 heteroatoms. The minimum absolute atomic E-state index is 0.261. The molecule has 0 radical (unpaired) electrons. The number of esters is 2. The summed E-state index contributed by atoms with van der Waals surface area (Å²) in [4.78, 5) is 22.6. The summed E-state index contributed by atoms with van der Waals surface area (Å²) in [5, 5.41) is 0. The molecule has 0 aliphatic heterocycles. The Kier molecular flexibility index (Phi) is 4.97. The van der Waals surface area contributed by atoms with Crippen LogP contribution in [-0.4, -0.2) is 26.2 Å². The van der Waals surface area contributed by atoms with E-state index in [-0.39, 0.29) is 35.6 Å². The summed E-state index contributed by atoms with van der Waals surface area (Å²) in [5.41, 5.74) is -0.650. The Morgan fingerprint density at radius 2 is 1.06 bits per heavy atom. The van der Waals surface area contributed by atoms with Crippen LogP contribution in [-0.2, 0) is 19.1 Å². The monoisotopic (exact) mass is 230 g/mol. The normalized spacial score (nSPS) is 12.1. The molecule has 0 heterocycles. The first-order chi connectivity index (χ1) is 7.16. The zero-order valence-electron chi connectivity index (χ0n) is 11.0. The van der Waals surface area contributed by atoms with Crippen LogP contribution < -0.4 is 0 Å². The molecule has 94 valence electrons. The molecule has 0 spiro atoms. The van der Waals surface area contributed by atoms with Gasteiger partial charge in [-0.05, 0) is 10.8 Å². The van der Waals surface area contributed by atoms with Crippen LogP contribution in [0.4, 0.5) is 0 Å². The minimum Gasteiger partial charge on any atom is -0.469 e. The van der Waals surface area contributed by atoms with E-state index >= 15 is 0 Å². The number of carbonyl (C=O) groups excluding carboxylic acids is 2. The molecular formula is C12H22O4. The van der Waals surface area contributed by atoms with Gasteiger partial charge in [0.15, 0.2) is 0 Å². The van der Waals surface area contributed by atoms with E-state index in [2.05, 4.69) is 9.47 Å². The summed E-state index contributed by atoms with van der Waals surface area (Å²) in [7, 11) is 2.73. The van der Waals surface area contributed by atoms with Crippen molar-refractivity contribution in [3.8, 4) is 0 Å². The van der Waals surface area contributed by atoms with Crippen LogP contribution in [0.15, 0.2) is 0 Å². The van der Waals surface area contributed by atoms with Crippen LogP contribution in [0.5, 0.6) is 0 Å². The van der Waals surface area contributed by atoms with Crippen LogP contribution in [0.1, 0.15) is 40.5 Å². The van der Waals surface area contributed by atoms with Gasteiger partial charge in [0.1, 0.15) is 0 Å². The Labute approximate surface area is 97.3 Å². The molecule has 0 rings (SSSR count). The van der Waals surface area contributed by atoms with Crippen molar-refractivity contribution in [2.45, 2.75) is 40.5 Å². The first-order valence-corrected chi connectivity index (χ1v) is 5.30. The molecule has 0 amide bonds. The maximum Gasteiger partial charge on any atom is 0.306 e. The second-order valence-electron chi connectivity index (χ2n) is 5.27. The van der Waals surface area contributed by atoms with Gasteiger partial charge in [0.2, 0.25) is 0 Å². The molecule has 0 aliphatic carbocycles. The lowest BCUT2D eigenvalue weighted by atomic mass is 9.64. The molecule has 0 N–H and O–H groups in total. The maximum absolute atomic E-state index is 11.3. The Hall–Kier alpha value is -1.06. The third-order valence-electron chi connectivity index (χ3n) is 3.46. The molecular weight excluding hydrogens is 208 g/mol. The van der Waals surface area contributed by atoms with Crippen molar-refractivity contribution >= 4 is 11.9 Å². The van der Waals surface area contributed by atoms with Crippen molar-refractivity contribution in [3.63, 3.8) is 0 Å². The number of carbonyl (C=O) groups is 2. The average molecular weight is 230 g/mol. The van der Waals surface area contributed by atoms with Crippen LogP contribution in [0.3, 0.4) is 0 Å². The lowest BCUT2D eigenvalue weighted by Gasteiger charge is -2.40. The fourth-order valence-electron chi connectivity index (χ4n) is 1.34. The Morgan fingerprint density at radius 1 is 0.812 bits per heavy atom. The first-order valence-electron chi connectivity index (χ1n) is 5.30. The molecule has 0 fully saturated rings. The van der Waals surface area contributed by atoms with Gasteiger partial charge in [-0.1, -0.05) is 27.7 Å². The molecule has 0 aromatic heterocycles. The summed E-state index contributed by atoms with van der Waals surface area (Å²) in [5.74, 6) is -0.522. The van der Waals surface area contributed by atoms with Crippen molar-refractivity contribution in [2.75, 3.05) is 14.2 Å². The Balaban J connectivity index is 4.69. The van der Waals surface area contributed by atoms with Crippen LogP contribution >= 0.6 is 0 Å². The highest BCUT2D eigenvalue weighted by molar-refractivity contribution is 5.72. The number of ether oxygens (including phenoxy) is 2. The minimum atomic E-state index is -0.325. The molecule has 4 nitrogen and oxygen atoms in total. The lowest BCUT2D eigenvalue weighted by molar-refractivity contribution is -0.150. The van der Waals surface area contributed by atoms with E-state index in [1.165, 1.54) is 14.2 Å². The van der Waals surface area contributed by atoms with Crippen LogP contribution in [0.25, 0.3) is 0 Å². The summed E-state index contributed by atoms with van der Waals surface area (Å²) in [6.07, 6.45) is 0.570. The van der Waals surface area contributed by atoms with Gasteiger partial charge in [-0.15, -0.1) is 0 Å². The van der Waals surface area contributed by atoms with Crippen LogP contribution in [0, 0.1) is 10.8 Å². The van der Waals surface area contributed by atoms with Crippen molar-refractivity contribution < 1.29 is 19.1 Å². The van der Waals surface area contributed by atoms with Gasteiger partial charge in [0.25, 0.3) is 0 Å². The highest BCUT2D eigenvalue weighted by atomic mass is 16.5. The lowest BCUT2D eigenvalue weighted by Crippen LogP contribution is -2.37.